The molecular weight excluding hydrogens is 358 g/mol. The van der Waals surface area contributed by atoms with Gasteiger partial charge in [0, 0.05) is 16.8 Å². The maximum atomic E-state index is 12.8. The zero-order valence-electron chi connectivity index (χ0n) is 13.9. The highest BCUT2D eigenvalue weighted by molar-refractivity contribution is 7.13. The Morgan fingerprint density at radius 1 is 1.36 bits per heavy atom. The van der Waals surface area contributed by atoms with E-state index < -0.39 is 0 Å². The lowest BCUT2D eigenvalue weighted by atomic mass is 10.1. The maximum absolute atomic E-state index is 12.8. The van der Waals surface area contributed by atoms with Gasteiger partial charge in [-0.05, 0) is 30.9 Å². The normalized spacial score (nSPS) is 17.8. The topological polar surface area (TPSA) is 68.5 Å². The molecule has 1 fully saturated rings. The Labute approximate surface area is 153 Å². The van der Waals surface area contributed by atoms with Crippen LogP contribution in [0.3, 0.4) is 0 Å². The molecule has 130 valence electrons. The minimum Gasteiger partial charge on any atom is -0.365 e. The zero-order valence-corrected chi connectivity index (χ0v) is 15.5. The summed E-state index contributed by atoms with van der Waals surface area (Å²) in [4.78, 5) is 21.2. The van der Waals surface area contributed by atoms with Gasteiger partial charge >= 0.3 is 0 Å². The molecule has 1 amide bonds. The summed E-state index contributed by atoms with van der Waals surface area (Å²) >= 11 is 3.16. The fraction of sp³-hybridized carbons (Fsp3) is 0.353. The average molecular weight is 375 g/mol. The molecule has 0 saturated carbocycles. The van der Waals surface area contributed by atoms with Crippen molar-refractivity contribution in [2.75, 3.05) is 19.7 Å². The van der Waals surface area contributed by atoms with Crippen LogP contribution in [0.15, 0.2) is 27.4 Å². The molecule has 1 aliphatic heterocycles. The van der Waals surface area contributed by atoms with Crippen LogP contribution in [-0.2, 0) is 4.74 Å². The van der Waals surface area contributed by atoms with Crippen LogP contribution in [0.1, 0.15) is 32.8 Å². The molecule has 3 aromatic rings. The van der Waals surface area contributed by atoms with Crippen molar-refractivity contribution < 1.29 is 14.1 Å². The van der Waals surface area contributed by atoms with Crippen molar-refractivity contribution in [1.29, 1.82) is 0 Å². The van der Waals surface area contributed by atoms with Crippen molar-refractivity contribution in [2.24, 2.45) is 0 Å². The number of hydrogen-bond donors (Lipinski definition) is 0. The summed E-state index contributed by atoms with van der Waals surface area (Å²) in [6.07, 6.45) is -0.390. The van der Waals surface area contributed by atoms with E-state index in [0.29, 0.717) is 31.4 Å². The monoisotopic (exact) mass is 375 g/mol. The molecule has 0 N–H and O–H groups in total. The van der Waals surface area contributed by atoms with Crippen molar-refractivity contribution in [3.05, 3.63) is 44.8 Å². The molecule has 8 heteroatoms. The lowest BCUT2D eigenvalue weighted by molar-refractivity contribution is -0.0367. The summed E-state index contributed by atoms with van der Waals surface area (Å²) in [5, 5.41) is 7.92. The third-order valence-corrected chi connectivity index (χ3v) is 6.21. The average Bonchev–Trinajstić information content (AvgIpc) is 3.37. The van der Waals surface area contributed by atoms with Gasteiger partial charge in [0.1, 0.15) is 0 Å². The first-order valence-corrected chi connectivity index (χ1v) is 9.72. The molecular formula is C17H17N3O3S2. The number of aromatic nitrogens is 2. The highest BCUT2D eigenvalue weighted by atomic mass is 32.1. The van der Waals surface area contributed by atoms with Gasteiger partial charge < -0.3 is 14.2 Å². The van der Waals surface area contributed by atoms with E-state index in [1.165, 1.54) is 4.88 Å². The summed E-state index contributed by atoms with van der Waals surface area (Å²) in [6.45, 7) is 5.45. The van der Waals surface area contributed by atoms with Gasteiger partial charge in [0.25, 0.3) is 11.8 Å². The molecule has 0 bridgehead atoms. The van der Waals surface area contributed by atoms with E-state index in [9.17, 15) is 4.79 Å². The van der Waals surface area contributed by atoms with Gasteiger partial charge in [-0.2, -0.15) is 4.98 Å². The van der Waals surface area contributed by atoms with Crippen LogP contribution in [0.4, 0.5) is 0 Å². The lowest BCUT2D eigenvalue weighted by Gasteiger charge is -2.31. The Morgan fingerprint density at radius 2 is 2.24 bits per heavy atom. The van der Waals surface area contributed by atoms with Gasteiger partial charge in [0.15, 0.2) is 6.10 Å². The number of nitrogens with zero attached hydrogens (tertiary/aromatic N) is 3. The highest BCUT2D eigenvalue weighted by Gasteiger charge is 2.31. The molecule has 25 heavy (non-hydrogen) atoms. The number of hydrogen-bond acceptors (Lipinski definition) is 7. The fourth-order valence-electron chi connectivity index (χ4n) is 2.75. The van der Waals surface area contributed by atoms with E-state index in [1.807, 2.05) is 36.7 Å². The standard InChI is InChI=1S/C17H17N3O3S2/c1-10-11(2)25-9-12(10)17(21)20-5-6-22-13(8-20)16-18-15(19-23-16)14-4-3-7-24-14/h3-4,7,9,13H,5-6,8H2,1-2H3. The molecule has 1 aliphatic rings. The number of carbonyl (C=O) groups is 1. The van der Waals surface area contributed by atoms with Crippen molar-refractivity contribution in [2.45, 2.75) is 20.0 Å². The third-order valence-electron chi connectivity index (χ3n) is 4.33. The van der Waals surface area contributed by atoms with Crippen LogP contribution in [0.5, 0.6) is 0 Å². The Kier molecular flexibility index (Phi) is 4.41. The Balaban J connectivity index is 1.51. The molecule has 0 radical (unpaired) electrons. The number of amides is 1. The molecule has 1 saturated heterocycles. The number of morpholine rings is 1. The predicted molar refractivity (Wildman–Crippen MR) is 96.0 cm³/mol. The highest BCUT2D eigenvalue weighted by Crippen LogP contribution is 2.28. The van der Waals surface area contributed by atoms with E-state index >= 15 is 0 Å². The van der Waals surface area contributed by atoms with Crippen LogP contribution < -0.4 is 0 Å². The number of thiophene rings is 2. The first kappa shape index (κ1) is 16.4. The van der Waals surface area contributed by atoms with Crippen LogP contribution in [0.25, 0.3) is 10.7 Å². The first-order chi connectivity index (χ1) is 12.1. The van der Waals surface area contributed by atoms with Gasteiger partial charge in [-0.15, -0.1) is 22.7 Å². The zero-order chi connectivity index (χ0) is 17.4. The Hall–Kier alpha value is -2.03. The van der Waals surface area contributed by atoms with E-state index in [1.54, 1.807) is 27.6 Å². The number of carbonyl (C=O) groups excluding carboxylic acids is 1. The number of rotatable bonds is 3. The second kappa shape index (κ2) is 6.70. The third kappa shape index (κ3) is 3.12. The van der Waals surface area contributed by atoms with E-state index in [0.717, 1.165) is 16.0 Å². The molecule has 4 rings (SSSR count). The van der Waals surface area contributed by atoms with Gasteiger partial charge in [0.2, 0.25) is 5.82 Å². The van der Waals surface area contributed by atoms with Crippen LogP contribution >= 0.6 is 22.7 Å². The molecule has 0 aromatic carbocycles. The van der Waals surface area contributed by atoms with E-state index in [2.05, 4.69) is 10.1 Å². The quantitative estimate of drug-likeness (QED) is 0.698. The smallest absolute Gasteiger partial charge is 0.257 e. The largest absolute Gasteiger partial charge is 0.365 e. The van der Waals surface area contributed by atoms with Crippen LogP contribution in [-0.4, -0.2) is 40.6 Å². The minimum atomic E-state index is -0.390. The SMILES string of the molecule is Cc1scc(C(=O)N2CCOC(c3nc(-c4cccs4)no3)C2)c1C. The second-order valence-corrected chi connectivity index (χ2v) is 7.91. The fourth-order valence-corrected chi connectivity index (χ4v) is 4.26. The minimum absolute atomic E-state index is 0.0353. The lowest BCUT2D eigenvalue weighted by Crippen LogP contribution is -2.42. The van der Waals surface area contributed by atoms with E-state index in [4.69, 9.17) is 9.26 Å². The van der Waals surface area contributed by atoms with Crippen molar-refractivity contribution in [1.82, 2.24) is 15.0 Å². The van der Waals surface area contributed by atoms with Crippen molar-refractivity contribution in [3.63, 3.8) is 0 Å². The van der Waals surface area contributed by atoms with Crippen LogP contribution in [0, 0.1) is 13.8 Å². The first-order valence-electron chi connectivity index (χ1n) is 7.96. The summed E-state index contributed by atoms with van der Waals surface area (Å²) < 4.78 is 11.1. The molecule has 0 spiro atoms. The van der Waals surface area contributed by atoms with E-state index in [-0.39, 0.29) is 12.0 Å². The summed E-state index contributed by atoms with van der Waals surface area (Å²) in [5.41, 5.74) is 1.82. The summed E-state index contributed by atoms with van der Waals surface area (Å²) in [6, 6.07) is 3.89. The second-order valence-electron chi connectivity index (χ2n) is 5.87. The van der Waals surface area contributed by atoms with Gasteiger partial charge in [-0.3, -0.25) is 4.79 Å². The maximum Gasteiger partial charge on any atom is 0.257 e. The predicted octanol–water partition coefficient (Wildman–Crippen LogP) is 3.69. The van der Waals surface area contributed by atoms with Gasteiger partial charge in [0.05, 0.1) is 23.6 Å². The van der Waals surface area contributed by atoms with Crippen molar-refractivity contribution in [3.8, 4) is 10.7 Å². The molecule has 0 aliphatic carbocycles. The number of aryl methyl sites for hydroxylation is 1. The van der Waals surface area contributed by atoms with Gasteiger partial charge in [-0.25, -0.2) is 0 Å². The summed E-state index contributed by atoms with van der Waals surface area (Å²) in [7, 11) is 0. The molecule has 6 nitrogen and oxygen atoms in total. The number of ether oxygens (including phenoxy) is 1. The Bertz CT molecular complexity index is 885. The van der Waals surface area contributed by atoms with Crippen molar-refractivity contribution >= 4 is 28.6 Å². The molecule has 1 unspecified atom stereocenters. The molecule has 3 aromatic heterocycles. The van der Waals surface area contributed by atoms with Gasteiger partial charge in [-0.1, -0.05) is 11.2 Å². The summed E-state index contributed by atoms with van der Waals surface area (Å²) in [5.74, 6) is 1.01. The molecule has 1 atom stereocenters. The van der Waals surface area contributed by atoms with Crippen LogP contribution in [0.2, 0.25) is 0 Å². The Morgan fingerprint density at radius 3 is 2.96 bits per heavy atom. The molecule has 4 heterocycles.